The molecule has 0 saturated carbocycles. The van der Waals surface area contributed by atoms with E-state index in [1.165, 1.54) is 19.5 Å². The average Bonchev–Trinajstić information content (AvgIpc) is 2.58. The number of nitrogens with zero attached hydrogens (tertiary/aromatic N) is 1. The molecule has 52 valence electrons. The normalized spacial score (nSPS) is 43.7. The zero-order valence-electron chi connectivity index (χ0n) is 5.84. The van der Waals surface area contributed by atoms with Gasteiger partial charge in [0, 0.05) is 12.5 Å². The standard InChI is InChI=1S/C7H13NO/c1-8-3-2-6(4-8)7-5-9-7/h6-7H,2-5H2,1H3. The Morgan fingerprint density at radius 3 is 2.78 bits per heavy atom. The molecular formula is C7H13NO. The van der Waals surface area contributed by atoms with Gasteiger partial charge in [-0.1, -0.05) is 0 Å². The van der Waals surface area contributed by atoms with Crippen molar-refractivity contribution in [1.29, 1.82) is 0 Å². The van der Waals surface area contributed by atoms with Crippen LogP contribution in [0.2, 0.25) is 0 Å². The van der Waals surface area contributed by atoms with Gasteiger partial charge in [-0.2, -0.15) is 0 Å². The highest BCUT2D eigenvalue weighted by molar-refractivity contribution is 4.85. The largest absolute Gasteiger partial charge is 0.373 e. The first-order valence-electron chi connectivity index (χ1n) is 3.66. The van der Waals surface area contributed by atoms with Gasteiger partial charge in [0.25, 0.3) is 0 Å². The summed E-state index contributed by atoms with van der Waals surface area (Å²) in [4.78, 5) is 2.38. The lowest BCUT2D eigenvalue weighted by Gasteiger charge is -2.05. The molecule has 0 spiro atoms. The van der Waals surface area contributed by atoms with Gasteiger partial charge in [-0.3, -0.25) is 0 Å². The van der Waals surface area contributed by atoms with Gasteiger partial charge in [-0.05, 0) is 20.0 Å². The third kappa shape index (κ3) is 1.10. The Morgan fingerprint density at radius 2 is 2.33 bits per heavy atom. The summed E-state index contributed by atoms with van der Waals surface area (Å²) in [5.41, 5.74) is 0. The van der Waals surface area contributed by atoms with Crippen molar-refractivity contribution >= 4 is 0 Å². The van der Waals surface area contributed by atoms with Gasteiger partial charge in [0.1, 0.15) is 0 Å². The zero-order valence-corrected chi connectivity index (χ0v) is 5.84. The predicted octanol–water partition coefficient (Wildman–Crippen LogP) is 0.337. The molecule has 0 N–H and O–H groups in total. The molecule has 2 unspecified atom stereocenters. The fraction of sp³-hybridized carbons (Fsp3) is 1.00. The lowest BCUT2D eigenvalue weighted by molar-refractivity contribution is 0.319. The van der Waals surface area contributed by atoms with Crippen LogP contribution in [0.5, 0.6) is 0 Å². The van der Waals surface area contributed by atoms with Crippen molar-refractivity contribution in [3.05, 3.63) is 0 Å². The summed E-state index contributed by atoms with van der Waals surface area (Å²) in [7, 11) is 2.18. The Labute approximate surface area is 55.8 Å². The molecule has 9 heavy (non-hydrogen) atoms. The SMILES string of the molecule is CN1CCC(C2CO2)C1. The molecule has 0 bridgehead atoms. The molecule has 2 aliphatic heterocycles. The number of likely N-dealkylation sites (tertiary alicyclic amines) is 1. The second-order valence-electron chi connectivity index (χ2n) is 3.18. The molecule has 0 amide bonds. The molecule has 2 atom stereocenters. The minimum atomic E-state index is 0.634. The van der Waals surface area contributed by atoms with Gasteiger partial charge in [-0.25, -0.2) is 0 Å². The van der Waals surface area contributed by atoms with E-state index in [0.29, 0.717) is 6.10 Å². The second kappa shape index (κ2) is 1.96. The highest BCUT2D eigenvalue weighted by Gasteiger charge is 2.35. The Balaban J connectivity index is 1.86. The van der Waals surface area contributed by atoms with Crippen molar-refractivity contribution in [2.45, 2.75) is 12.5 Å². The lowest BCUT2D eigenvalue weighted by Crippen LogP contribution is -2.16. The van der Waals surface area contributed by atoms with Crippen LogP contribution in [0.15, 0.2) is 0 Å². The molecule has 0 aromatic rings. The smallest absolute Gasteiger partial charge is 0.0850 e. The van der Waals surface area contributed by atoms with Crippen LogP contribution in [0.3, 0.4) is 0 Å². The van der Waals surface area contributed by atoms with Crippen LogP contribution in [-0.4, -0.2) is 37.7 Å². The third-order valence-electron chi connectivity index (χ3n) is 2.31. The Hall–Kier alpha value is -0.0800. The molecule has 0 aromatic carbocycles. The first-order valence-corrected chi connectivity index (χ1v) is 3.66. The van der Waals surface area contributed by atoms with E-state index in [-0.39, 0.29) is 0 Å². The van der Waals surface area contributed by atoms with Crippen LogP contribution < -0.4 is 0 Å². The van der Waals surface area contributed by atoms with E-state index in [2.05, 4.69) is 11.9 Å². The number of rotatable bonds is 1. The van der Waals surface area contributed by atoms with Crippen LogP contribution >= 0.6 is 0 Å². The van der Waals surface area contributed by atoms with Crippen LogP contribution in [0.4, 0.5) is 0 Å². The summed E-state index contributed by atoms with van der Waals surface area (Å²) in [5.74, 6) is 0.856. The molecule has 0 radical (unpaired) electrons. The van der Waals surface area contributed by atoms with E-state index in [4.69, 9.17) is 4.74 Å². The minimum Gasteiger partial charge on any atom is -0.373 e. The van der Waals surface area contributed by atoms with E-state index < -0.39 is 0 Å². The summed E-state index contributed by atoms with van der Waals surface area (Å²) in [6.45, 7) is 3.55. The lowest BCUT2D eigenvalue weighted by atomic mass is 10.1. The van der Waals surface area contributed by atoms with E-state index in [0.717, 1.165) is 12.5 Å². The van der Waals surface area contributed by atoms with Gasteiger partial charge in [0.05, 0.1) is 12.7 Å². The van der Waals surface area contributed by atoms with E-state index in [9.17, 15) is 0 Å². The van der Waals surface area contributed by atoms with Crippen molar-refractivity contribution < 1.29 is 4.74 Å². The predicted molar refractivity (Wildman–Crippen MR) is 35.3 cm³/mol. The molecular weight excluding hydrogens is 114 g/mol. The summed E-state index contributed by atoms with van der Waals surface area (Å²) < 4.78 is 5.21. The molecule has 0 aliphatic carbocycles. The molecule has 2 aliphatic rings. The first kappa shape index (κ1) is 5.69. The molecule has 2 rings (SSSR count). The van der Waals surface area contributed by atoms with E-state index in [1.807, 2.05) is 0 Å². The molecule has 2 heterocycles. The van der Waals surface area contributed by atoms with Crippen LogP contribution in [-0.2, 0) is 4.74 Å². The zero-order chi connectivity index (χ0) is 6.27. The Bertz CT molecular complexity index is 111. The second-order valence-corrected chi connectivity index (χ2v) is 3.18. The van der Waals surface area contributed by atoms with Crippen molar-refractivity contribution in [3.63, 3.8) is 0 Å². The summed E-state index contributed by atoms with van der Waals surface area (Å²) in [5, 5.41) is 0. The summed E-state index contributed by atoms with van der Waals surface area (Å²) >= 11 is 0. The molecule has 2 saturated heterocycles. The molecule has 2 nitrogen and oxygen atoms in total. The number of epoxide rings is 1. The highest BCUT2D eigenvalue weighted by atomic mass is 16.6. The monoisotopic (exact) mass is 127 g/mol. The van der Waals surface area contributed by atoms with Gasteiger partial charge in [0.15, 0.2) is 0 Å². The average molecular weight is 127 g/mol. The molecule has 2 fully saturated rings. The highest BCUT2D eigenvalue weighted by Crippen LogP contribution is 2.27. The molecule has 0 aromatic heterocycles. The maximum Gasteiger partial charge on any atom is 0.0850 e. The first-order chi connectivity index (χ1) is 4.36. The topological polar surface area (TPSA) is 15.8 Å². The van der Waals surface area contributed by atoms with E-state index >= 15 is 0 Å². The van der Waals surface area contributed by atoms with Gasteiger partial charge in [0.2, 0.25) is 0 Å². The van der Waals surface area contributed by atoms with Gasteiger partial charge in [-0.15, -0.1) is 0 Å². The summed E-state index contributed by atoms with van der Waals surface area (Å²) in [6.07, 6.45) is 1.98. The Kier molecular flexibility index (Phi) is 1.24. The van der Waals surface area contributed by atoms with Crippen LogP contribution in [0.1, 0.15) is 6.42 Å². The van der Waals surface area contributed by atoms with Crippen LogP contribution in [0.25, 0.3) is 0 Å². The number of hydrogen-bond acceptors (Lipinski definition) is 2. The summed E-state index contributed by atoms with van der Waals surface area (Å²) in [6, 6.07) is 0. The van der Waals surface area contributed by atoms with Crippen molar-refractivity contribution in [2.75, 3.05) is 26.7 Å². The maximum atomic E-state index is 5.21. The quantitative estimate of drug-likeness (QED) is 0.472. The van der Waals surface area contributed by atoms with Crippen molar-refractivity contribution in [3.8, 4) is 0 Å². The maximum absolute atomic E-state index is 5.21. The third-order valence-corrected chi connectivity index (χ3v) is 2.31. The van der Waals surface area contributed by atoms with Crippen molar-refractivity contribution in [2.24, 2.45) is 5.92 Å². The fourth-order valence-electron chi connectivity index (χ4n) is 1.60. The van der Waals surface area contributed by atoms with Gasteiger partial charge >= 0.3 is 0 Å². The van der Waals surface area contributed by atoms with Crippen LogP contribution in [0, 0.1) is 5.92 Å². The van der Waals surface area contributed by atoms with E-state index in [1.54, 1.807) is 0 Å². The number of ether oxygens (including phenoxy) is 1. The fourth-order valence-corrected chi connectivity index (χ4v) is 1.60. The van der Waals surface area contributed by atoms with Gasteiger partial charge < -0.3 is 9.64 Å². The van der Waals surface area contributed by atoms with Crippen molar-refractivity contribution in [1.82, 2.24) is 4.90 Å². The Morgan fingerprint density at radius 1 is 1.56 bits per heavy atom. The molecule has 2 heteroatoms. The minimum absolute atomic E-state index is 0.634. The number of hydrogen-bond donors (Lipinski definition) is 0.